The van der Waals surface area contributed by atoms with Crippen LogP contribution in [0.1, 0.15) is 30.1 Å². The number of nitrogens with zero attached hydrogens (tertiary/aromatic N) is 2. The molecule has 5 heteroatoms. The van der Waals surface area contributed by atoms with E-state index in [2.05, 4.69) is 27.8 Å². The lowest BCUT2D eigenvalue weighted by Gasteiger charge is -2.33. The van der Waals surface area contributed by atoms with E-state index in [-0.39, 0.29) is 5.91 Å². The molecule has 2 rings (SSSR count). The summed E-state index contributed by atoms with van der Waals surface area (Å²) in [7, 11) is 1.54. The van der Waals surface area contributed by atoms with E-state index in [1.807, 2.05) is 4.90 Å². The van der Waals surface area contributed by atoms with Crippen LogP contribution in [0.15, 0.2) is 18.3 Å². The molecule has 1 amide bonds. The van der Waals surface area contributed by atoms with Crippen LogP contribution in [0.4, 0.5) is 0 Å². The van der Waals surface area contributed by atoms with Gasteiger partial charge in [-0.25, -0.2) is 4.98 Å². The summed E-state index contributed by atoms with van der Waals surface area (Å²) < 4.78 is 5.15. The molecule has 19 heavy (non-hydrogen) atoms. The van der Waals surface area contributed by atoms with Gasteiger partial charge in [-0.2, -0.15) is 0 Å². The normalized spacial score (nSPS) is 18.2. The molecule has 1 aromatic heterocycles. The summed E-state index contributed by atoms with van der Waals surface area (Å²) in [5.41, 5.74) is 0.551. The SMILES string of the molecule is COc1ncccc1C(=O)N1CCC(C(C)Br)CC1. The van der Waals surface area contributed by atoms with E-state index < -0.39 is 0 Å². The zero-order valence-electron chi connectivity index (χ0n) is 11.3. The standard InChI is InChI=1S/C14H19BrN2O2/c1-10(15)11-5-8-17(9-6-11)14(18)12-4-3-7-16-13(12)19-2/h3-4,7,10-11H,5-6,8-9H2,1-2H3. The van der Waals surface area contributed by atoms with Crippen molar-refractivity contribution in [3.05, 3.63) is 23.9 Å². The van der Waals surface area contributed by atoms with Crippen LogP contribution in [0.25, 0.3) is 0 Å². The lowest BCUT2D eigenvalue weighted by atomic mass is 9.94. The summed E-state index contributed by atoms with van der Waals surface area (Å²) in [6.45, 7) is 3.78. The number of methoxy groups -OCH3 is 1. The number of halogens is 1. The number of ether oxygens (including phenoxy) is 1. The molecule has 4 nitrogen and oxygen atoms in total. The second-order valence-electron chi connectivity index (χ2n) is 4.87. The Labute approximate surface area is 122 Å². The van der Waals surface area contributed by atoms with Crippen molar-refractivity contribution in [1.82, 2.24) is 9.88 Å². The van der Waals surface area contributed by atoms with Crippen molar-refractivity contribution in [3.63, 3.8) is 0 Å². The van der Waals surface area contributed by atoms with Gasteiger partial charge in [0.05, 0.1) is 7.11 Å². The average Bonchev–Trinajstić information content (AvgIpc) is 2.46. The highest BCUT2D eigenvalue weighted by atomic mass is 79.9. The minimum absolute atomic E-state index is 0.0191. The van der Waals surface area contributed by atoms with E-state index in [4.69, 9.17) is 4.74 Å². The Balaban J connectivity index is 2.05. The number of rotatable bonds is 3. The summed E-state index contributed by atoms with van der Waals surface area (Å²) in [5, 5.41) is 0. The second kappa shape index (κ2) is 6.37. The number of pyridine rings is 1. The van der Waals surface area contributed by atoms with Crippen molar-refractivity contribution in [1.29, 1.82) is 0 Å². The van der Waals surface area contributed by atoms with Gasteiger partial charge in [0.15, 0.2) is 0 Å². The van der Waals surface area contributed by atoms with E-state index >= 15 is 0 Å². The smallest absolute Gasteiger partial charge is 0.259 e. The minimum Gasteiger partial charge on any atom is -0.480 e. The third-order valence-electron chi connectivity index (χ3n) is 3.67. The maximum absolute atomic E-state index is 12.5. The third kappa shape index (κ3) is 3.26. The number of amides is 1. The molecule has 1 aliphatic heterocycles. The molecule has 0 saturated carbocycles. The number of aromatic nitrogens is 1. The van der Waals surface area contributed by atoms with E-state index in [1.54, 1.807) is 18.3 Å². The van der Waals surface area contributed by atoms with E-state index in [9.17, 15) is 4.79 Å². The number of carbonyl (C=O) groups excluding carboxylic acids is 1. The molecular formula is C14H19BrN2O2. The number of alkyl halides is 1. The van der Waals surface area contributed by atoms with Crippen molar-refractivity contribution in [2.24, 2.45) is 5.92 Å². The molecule has 1 fully saturated rings. The molecular weight excluding hydrogens is 308 g/mol. The van der Waals surface area contributed by atoms with Gasteiger partial charge >= 0.3 is 0 Å². The first-order valence-corrected chi connectivity index (χ1v) is 7.47. The zero-order chi connectivity index (χ0) is 13.8. The minimum atomic E-state index is 0.0191. The predicted octanol–water partition coefficient (Wildman–Crippen LogP) is 2.73. The average molecular weight is 327 g/mol. The number of piperidine rings is 1. The Morgan fingerprint density at radius 1 is 1.53 bits per heavy atom. The fourth-order valence-corrected chi connectivity index (χ4v) is 2.98. The van der Waals surface area contributed by atoms with Crippen LogP contribution >= 0.6 is 15.9 Å². The monoisotopic (exact) mass is 326 g/mol. The predicted molar refractivity (Wildman–Crippen MR) is 77.8 cm³/mol. The van der Waals surface area contributed by atoms with Gasteiger partial charge in [-0.3, -0.25) is 4.79 Å². The molecule has 0 bridgehead atoms. The topological polar surface area (TPSA) is 42.4 Å². The van der Waals surface area contributed by atoms with E-state index in [0.717, 1.165) is 25.9 Å². The lowest BCUT2D eigenvalue weighted by Crippen LogP contribution is -2.40. The first kappa shape index (κ1) is 14.3. The van der Waals surface area contributed by atoms with Crippen LogP contribution in [0, 0.1) is 5.92 Å². The molecule has 1 aromatic rings. The molecule has 0 aromatic carbocycles. The van der Waals surface area contributed by atoms with Gasteiger partial charge in [-0.05, 0) is 30.9 Å². The third-order valence-corrected chi connectivity index (χ3v) is 4.42. The molecule has 1 aliphatic rings. The Hall–Kier alpha value is -1.10. The Morgan fingerprint density at radius 3 is 2.79 bits per heavy atom. The highest BCUT2D eigenvalue weighted by Crippen LogP contribution is 2.26. The summed E-state index contributed by atoms with van der Waals surface area (Å²) in [5.74, 6) is 1.08. The van der Waals surface area contributed by atoms with E-state index in [0.29, 0.717) is 22.2 Å². The van der Waals surface area contributed by atoms with Crippen molar-refractivity contribution >= 4 is 21.8 Å². The van der Waals surface area contributed by atoms with Gasteiger partial charge in [-0.1, -0.05) is 22.9 Å². The van der Waals surface area contributed by atoms with Crippen molar-refractivity contribution < 1.29 is 9.53 Å². The maximum Gasteiger partial charge on any atom is 0.259 e. The summed E-state index contributed by atoms with van der Waals surface area (Å²) >= 11 is 3.63. The first-order chi connectivity index (χ1) is 9.13. The fourth-order valence-electron chi connectivity index (χ4n) is 2.45. The van der Waals surface area contributed by atoms with Crippen LogP contribution < -0.4 is 4.74 Å². The summed E-state index contributed by atoms with van der Waals surface area (Å²) in [6, 6.07) is 3.54. The second-order valence-corrected chi connectivity index (χ2v) is 6.31. The first-order valence-electron chi connectivity index (χ1n) is 6.56. The van der Waals surface area contributed by atoms with Gasteiger partial charge in [0, 0.05) is 24.1 Å². The highest BCUT2D eigenvalue weighted by Gasteiger charge is 2.27. The molecule has 0 N–H and O–H groups in total. The fraction of sp³-hybridized carbons (Fsp3) is 0.571. The van der Waals surface area contributed by atoms with Crippen molar-refractivity contribution in [3.8, 4) is 5.88 Å². The molecule has 1 atom stereocenters. The van der Waals surface area contributed by atoms with E-state index in [1.165, 1.54) is 7.11 Å². The van der Waals surface area contributed by atoms with Crippen LogP contribution in [-0.2, 0) is 0 Å². The van der Waals surface area contributed by atoms with Crippen LogP contribution in [0.3, 0.4) is 0 Å². The Morgan fingerprint density at radius 2 is 2.21 bits per heavy atom. The van der Waals surface area contributed by atoms with Crippen LogP contribution in [0.2, 0.25) is 0 Å². The molecule has 0 radical (unpaired) electrons. The quantitative estimate of drug-likeness (QED) is 0.802. The van der Waals surface area contributed by atoms with Gasteiger partial charge < -0.3 is 9.64 Å². The van der Waals surface area contributed by atoms with Crippen LogP contribution in [-0.4, -0.2) is 40.8 Å². The molecule has 0 spiro atoms. The van der Waals surface area contributed by atoms with Gasteiger partial charge in [-0.15, -0.1) is 0 Å². The molecule has 104 valence electrons. The van der Waals surface area contributed by atoms with Gasteiger partial charge in [0.2, 0.25) is 5.88 Å². The Bertz CT molecular complexity index is 443. The molecule has 1 saturated heterocycles. The number of likely N-dealkylation sites (tertiary alicyclic amines) is 1. The molecule has 0 aliphatic carbocycles. The van der Waals surface area contributed by atoms with Gasteiger partial charge in [0.1, 0.15) is 5.56 Å². The molecule has 1 unspecified atom stereocenters. The van der Waals surface area contributed by atoms with Crippen molar-refractivity contribution in [2.45, 2.75) is 24.6 Å². The number of carbonyl (C=O) groups is 1. The lowest BCUT2D eigenvalue weighted by molar-refractivity contribution is 0.0687. The van der Waals surface area contributed by atoms with Gasteiger partial charge in [0.25, 0.3) is 5.91 Å². The van der Waals surface area contributed by atoms with Crippen molar-refractivity contribution in [2.75, 3.05) is 20.2 Å². The van der Waals surface area contributed by atoms with Crippen LogP contribution in [0.5, 0.6) is 5.88 Å². The summed E-state index contributed by atoms with van der Waals surface area (Å²) in [6.07, 6.45) is 3.72. The number of hydrogen-bond acceptors (Lipinski definition) is 3. The maximum atomic E-state index is 12.5. The summed E-state index contributed by atoms with van der Waals surface area (Å²) in [4.78, 5) is 18.9. The largest absolute Gasteiger partial charge is 0.480 e. The molecule has 2 heterocycles. The zero-order valence-corrected chi connectivity index (χ0v) is 12.9. The Kier molecular flexibility index (Phi) is 4.80. The highest BCUT2D eigenvalue weighted by molar-refractivity contribution is 9.09. The number of hydrogen-bond donors (Lipinski definition) is 0.